The molecule has 2 aromatic rings. The van der Waals surface area contributed by atoms with Crippen LogP contribution in [-0.2, 0) is 11.8 Å². The Labute approximate surface area is 117 Å². The Morgan fingerprint density at radius 3 is 2.80 bits per heavy atom. The maximum Gasteiger partial charge on any atom is 0.172 e. The molecule has 1 aromatic carbocycles. The van der Waals surface area contributed by atoms with E-state index in [0.29, 0.717) is 11.2 Å². The van der Waals surface area contributed by atoms with Crippen LogP contribution in [0.5, 0.6) is 0 Å². The molecule has 4 nitrogen and oxygen atoms in total. The maximum absolute atomic E-state index is 5.99. The van der Waals surface area contributed by atoms with Crippen molar-refractivity contribution >= 4 is 11.5 Å². The molecule has 20 heavy (non-hydrogen) atoms. The highest BCUT2D eigenvalue weighted by Gasteiger charge is 2.50. The van der Waals surface area contributed by atoms with Gasteiger partial charge < -0.3 is 15.2 Å². The monoisotopic (exact) mass is 267 g/mol. The Bertz CT molecular complexity index is 711. The van der Waals surface area contributed by atoms with E-state index < -0.39 is 0 Å². The van der Waals surface area contributed by atoms with Crippen molar-refractivity contribution in [2.45, 2.75) is 31.1 Å². The fourth-order valence-corrected chi connectivity index (χ4v) is 3.69. The van der Waals surface area contributed by atoms with Crippen LogP contribution in [0.2, 0.25) is 0 Å². The van der Waals surface area contributed by atoms with E-state index in [0.717, 1.165) is 30.8 Å². The first-order chi connectivity index (χ1) is 9.77. The number of nitrogens with zero attached hydrogens (tertiary/aromatic N) is 2. The molecular weight excluding hydrogens is 250 g/mol. The van der Waals surface area contributed by atoms with Gasteiger partial charge in [0, 0.05) is 35.3 Å². The molecule has 2 heterocycles. The Kier molecular flexibility index (Phi) is 1.82. The van der Waals surface area contributed by atoms with E-state index in [1.807, 2.05) is 0 Å². The molecule has 0 radical (unpaired) electrons. The Hall–Kier alpha value is -1.97. The van der Waals surface area contributed by atoms with Crippen LogP contribution in [0.4, 0.5) is 11.5 Å². The predicted octanol–water partition coefficient (Wildman–Crippen LogP) is 2.72. The molecule has 1 saturated carbocycles. The van der Waals surface area contributed by atoms with E-state index in [-0.39, 0.29) is 0 Å². The molecule has 1 spiro atoms. The van der Waals surface area contributed by atoms with Gasteiger partial charge in [-0.15, -0.1) is 0 Å². The number of fused-ring (bicyclic) bond motifs is 4. The van der Waals surface area contributed by atoms with Crippen LogP contribution < -0.4 is 10.6 Å². The molecular formula is C16H17N3O. The van der Waals surface area contributed by atoms with E-state index in [9.17, 15) is 0 Å². The highest BCUT2D eigenvalue weighted by Crippen LogP contribution is 2.58. The van der Waals surface area contributed by atoms with Crippen molar-refractivity contribution < 1.29 is 4.52 Å². The van der Waals surface area contributed by atoms with Crippen molar-refractivity contribution in [3.05, 3.63) is 29.3 Å². The lowest BCUT2D eigenvalue weighted by Gasteiger charge is -2.34. The Morgan fingerprint density at radius 1 is 1.25 bits per heavy atom. The first-order valence-electron chi connectivity index (χ1n) is 7.41. The highest BCUT2D eigenvalue weighted by atomic mass is 16.5. The van der Waals surface area contributed by atoms with Gasteiger partial charge in [-0.2, -0.15) is 0 Å². The molecule has 1 saturated heterocycles. The van der Waals surface area contributed by atoms with Crippen molar-refractivity contribution in [1.29, 1.82) is 0 Å². The third-order valence-electron chi connectivity index (χ3n) is 5.23. The minimum Gasteiger partial charge on any atom is -0.381 e. The predicted molar refractivity (Wildman–Crippen MR) is 77.8 cm³/mol. The van der Waals surface area contributed by atoms with Crippen LogP contribution in [0, 0.1) is 0 Å². The topological polar surface area (TPSA) is 55.3 Å². The highest BCUT2D eigenvalue weighted by molar-refractivity contribution is 5.78. The first kappa shape index (κ1) is 10.8. The summed E-state index contributed by atoms with van der Waals surface area (Å²) >= 11 is 0. The normalized spacial score (nSPS) is 21.3. The number of rotatable bonds is 1. The van der Waals surface area contributed by atoms with Crippen LogP contribution in [0.15, 0.2) is 22.7 Å². The summed E-state index contributed by atoms with van der Waals surface area (Å²) in [6.45, 7) is 2.32. The second-order valence-electron chi connectivity index (χ2n) is 6.40. The molecule has 2 aliphatic carbocycles. The smallest absolute Gasteiger partial charge is 0.172 e. The molecule has 2 fully saturated rings. The van der Waals surface area contributed by atoms with Crippen molar-refractivity contribution in [1.82, 2.24) is 5.16 Å². The number of anilines is 2. The maximum atomic E-state index is 5.99. The van der Waals surface area contributed by atoms with Gasteiger partial charge in [0.2, 0.25) is 0 Å². The molecule has 5 rings (SSSR count). The van der Waals surface area contributed by atoms with Gasteiger partial charge in [-0.05, 0) is 43.4 Å². The number of nitrogens with two attached hydrogens (primary N) is 1. The largest absolute Gasteiger partial charge is 0.381 e. The molecule has 1 aromatic heterocycles. The summed E-state index contributed by atoms with van der Waals surface area (Å²) in [4.78, 5) is 2.41. The lowest BCUT2D eigenvalue weighted by Crippen LogP contribution is -2.37. The Morgan fingerprint density at radius 2 is 2.10 bits per heavy atom. The standard InChI is InChI=1S/C16H17N3O/c17-15-12-9-16(4-5-16)13-3-2-10(19-6-1-7-19)8-11(13)14(12)20-18-15/h2-3,8H,1,4-7,9H2,(H2,17,18). The van der Waals surface area contributed by atoms with Gasteiger partial charge in [0.25, 0.3) is 0 Å². The quantitative estimate of drug-likeness (QED) is 0.863. The molecule has 4 heteroatoms. The van der Waals surface area contributed by atoms with Crippen LogP contribution in [0.1, 0.15) is 30.4 Å². The van der Waals surface area contributed by atoms with E-state index in [2.05, 4.69) is 28.3 Å². The summed E-state index contributed by atoms with van der Waals surface area (Å²) in [6, 6.07) is 6.84. The average molecular weight is 267 g/mol. The van der Waals surface area contributed by atoms with Gasteiger partial charge in [-0.1, -0.05) is 11.2 Å². The van der Waals surface area contributed by atoms with E-state index in [1.54, 1.807) is 0 Å². The van der Waals surface area contributed by atoms with E-state index >= 15 is 0 Å². The van der Waals surface area contributed by atoms with Crippen molar-refractivity contribution in [3.63, 3.8) is 0 Å². The van der Waals surface area contributed by atoms with Gasteiger partial charge in [0.05, 0.1) is 0 Å². The van der Waals surface area contributed by atoms with Crippen molar-refractivity contribution in [2.24, 2.45) is 0 Å². The second-order valence-corrected chi connectivity index (χ2v) is 6.40. The van der Waals surface area contributed by atoms with Crippen LogP contribution >= 0.6 is 0 Å². The summed E-state index contributed by atoms with van der Waals surface area (Å²) in [7, 11) is 0. The average Bonchev–Trinajstić information content (AvgIpc) is 3.06. The zero-order valence-corrected chi connectivity index (χ0v) is 11.4. The van der Waals surface area contributed by atoms with E-state index in [4.69, 9.17) is 10.3 Å². The van der Waals surface area contributed by atoms with Gasteiger partial charge in [0.15, 0.2) is 11.6 Å². The number of nitrogen functional groups attached to an aromatic ring is 1. The zero-order valence-electron chi connectivity index (χ0n) is 11.4. The number of hydrogen-bond donors (Lipinski definition) is 1. The van der Waals surface area contributed by atoms with Gasteiger partial charge in [-0.25, -0.2) is 0 Å². The number of hydrogen-bond acceptors (Lipinski definition) is 4. The summed E-state index contributed by atoms with van der Waals surface area (Å²) in [5.74, 6) is 1.48. The zero-order chi connectivity index (χ0) is 13.3. The second kappa shape index (κ2) is 3.37. The number of benzene rings is 1. The fourth-order valence-electron chi connectivity index (χ4n) is 3.69. The van der Waals surface area contributed by atoms with Crippen molar-refractivity contribution in [2.75, 3.05) is 23.7 Å². The van der Waals surface area contributed by atoms with E-state index in [1.165, 1.54) is 36.1 Å². The van der Waals surface area contributed by atoms with Gasteiger partial charge in [-0.3, -0.25) is 0 Å². The lowest BCUT2D eigenvalue weighted by molar-refractivity contribution is 0.431. The lowest BCUT2D eigenvalue weighted by atomic mass is 9.79. The molecule has 0 bridgehead atoms. The van der Waals surface area contributed by atoms with Crippen LogP contribution in [-0.4, -0.2) is 18.2 Å². The Balaban J connectivity index is 1.72. The summed E-state index contributed by atoms with van der Waals surface area (Å²) in [5.41, 5.74) is 11.4. The van der Waals surface area contributed by atoms with Crippen molar-refractivity contribution in [3.8, 4) is 11.3 Å². The van der Waals surface area contributed by atoms with Crippen LogP contribution in [0.25, 0.3) is 11.3 Å². The minimum atomic E-state index is 0.315. The van der Waals surface area contributed by atoms with Gasteiger partial charge >= 0.3 is 0 Å². The molecule has 2 N–H and O–H groups in total. The third kappa shape index (κ3) is 1.24. The minimum absolute atomic E-state index is 0.315. The third-order valence-corrected chi connectivity index (χ3v) is 5.23. The molecule has 0 atom stereocenters. The molecule has 3 aliphatic rings. The first-order valence-corrected chi connectivity index (χ1v) is 7.41. The van der Waals surface area contributed by atoms with Crippen LogP contribution in [0.3, 0.4) is 0 Å². The molecule has 0 unspecified atom stereocenters. The summed E-state index contributed by atoms with van der Waals surface area (Å²) < 4.78 is 5.53. The van der Waals surface area contributed by atoms with Gasteiger partial charge in [0.1, 0.15) is 0 Å². The molecule has 1 aliphatic heterocycles. The SMILES string of the molecule is Nc1noc2c1CC1(CC1)c1ccc(N3CCC3)cc1-2. The number of aromatic nitrogens is 1. The molecule has 0 amide bonds. The fraction of sp³-hybridized carbons (Fsp3) is 0.438. The summed E-state index contributed by atoms with van der Waals surface area (Å²) in [5, 5.41) is 3.99. The summed E-state index contributed by atoms with van der Waals surface area (Å²) in [6.07, 6.45) is 4.80. The molecule has 102 valence electrons.